The summed E-state index contributed by atoms with van der Waals surface area (Å²) in [5, 5.41) is 6.02. The van der Waals surface area contributed by atoms with Crippen LogP contribution < -0.4 is 5.32 Å². The average molecular weight is 567 g/mol. The second kappa shape index (κ2) is 15.7. The molecule has 1 aliphatic carbocycles. The van der Waals surface area contributed by atoms with Gasteiger partial charge < -0.3 is 15.2 Å². The van der Waals surface area contributed by atoms with E-state index in [1.54, 1.807) is 0 Å². The van der Waals surface area contributed by atoms with E-state index in [0.29, 0.717) is 17.9 Å². The van der Waals surface area contributed by atoms with Gasteiger partial charge in [0.15, 0.2) is 0 Å². The quantitative estimate of drug-likeness (QED) is 0.289. The molecule has 4 aliphatic rings. The van der Waals surface area contributed by atoms with Crippen molar-refractivity contribution in [1.82, 2.24) is 20.2 Å². The molecule has 226 valence electrons. The van der Waals surface area contributed by atoms with Gasteiger partial charge >= 0.3 is 0 Å². The van der Waals surface area contributed by atoms with E-state index >= 15 is 0 Å². The molecule has 0 saturated carbocycles. The number of nitrogens with one attached hydrogen (secondary N) is 2. The Bertz CT molecular complexity index is 1350. The van der Waals surface area contributed by atoms with E-state index in [9.17, 15) is 0 Å². The first-order valence-electron chi connectivity index (χ1n) is 17.1. The molecule has 3 aliphatic heterocycles. The van der Waals surface area contributed by atoms with Crippen LogP contribution in [-0.4, -0.2) is 47.1 Å². The lowest BCUT2D eigenvalue weighted by Gasteiger charge is -2.44. The second-order valence-corrected chi connectivity index (χ2v) is 12.5. The van der Waals surface area contributed by atoms with Gasteiger partial charge in [-0.15, -0.1) is 0 Å². The van der Waals surface area contributed by atoms with Gasteiger partial charge in [-0.05, 0) is 126 Å². The van der Waals surface area contributed by atoms with Crippen molar-refractivity contribution in [2.45, 2.75) is 91.0 Å². The monoisotopic (exact) mass is 566 g/mol. The Kier molecular flexibility index (Phi) is 11.5. The van der Waals surface area contributed by atoms with Crippen LogP contribution in [0.5, 0.6) is 0 Å². The van der Waals surface area contributed by atoms with Crippen molar-refractivity contribution in [3.63, 3.8) is 0 Å². The molecule has 5 atom stereocenters. The van der Waals surface area contributed by atoms with Crippen LogP contribution in [0.4, 0.5) is 0 Å². The number of H-pyrrole nitrogens is 1. The van der Waals surface area contributed by atoms with Gasteiger partial charge in [0.1, 0.15) is 0 Å². The Labute approximate surface area is 254 Å². The third-order valence-electron chi connectivity index (χ3n) is 9.59. The van der Waals surface area contributed by atoms with Crippen molar-refractivity contribution in [2.24, 2.45) is 17.8 Å². The first-order chi connectivity index (χ1) is 20.8. The van der Waals surface area contributed by atoms with E-state index in [1.807, 2.05) is 20.0 Å². The van der Waals surface area contributed by atoms with E-state index < -0.39 is 0 Å². The Hall–Kier alpha value is -2.69. The van der Waals surface area contributed by atoms with Crippen LogP contribution in [0.15, 0.2) is 66.9 Å². The lowest BCUT2D eigenvalue weighted by molar-refractivity contribution is 0.123. The number of fused-ring (bicyclic) bond motifs is 5. The summed E-state index contributed by atoms with van der Waals surface area (Å²) in [7, 11) is 0. The Balaban J connectivity index is 0.000000274. The molecule has 7 rings (SSSR count). The smallest absolute Gasteiger partial charge is 0.0902 e. The van der Waals surface area contributed by atoms with Gasteiger partial charge in [0.2, 0.25) is 0 Å². The van der Waals surface area contributed by atoms with Gasteiger partial charge in [0.05, 0.1) is 11.2 Å². The Morgan fingerprint density at radius 1 is 0.857 bits per heavy atom. The standard InChI is InChI=1S/C28H33N3.C8H15N.C2H6/c1-2-4-8-15-31-16-13-22-21(19-31)17-20(9-5-3-1)18-25(22)27-28-24(12-14-29-27)23-10-6-7-11-26(23)30-28;1-8-6-4-2-3-5-7-9-8;1-2/h1,3,6-7,10-12,14,18,20-22,30H,2,4-5,8-9,13,15-17,19H2;4,6,8-9H,2-3,5,7H2,1H3;1-2H3/b3-1-;6-4-;. The van der Waals surface area contributed by atoms with E-state index in [0.717, 1.165) is 5.92 Å². The SMILES string of the molecule is C1=C(c2nccc3c2[nH]c2ccccc23)C2CCN3CCCC/C=C\CCC1CC2C3.CC.CC1/C=C\CCCCN1. The second-order valence-electron chi connectivity index (χ2n) is 12.5. The maximum Gasteiger partial charge on any atom is 0.0902 e. The highest BCUT2D eigenvalue weighted by Gasteiger charge is 2.37. The summed E-state index contributed by atoms with van der Waals surface area (Å²) in [5.41, 5.74) is 5.18. The van der Waals surface area contributed by atoms with Gasteiger partial charge in [0, 0.05) is 35.1 Å². The zero-order chi connectivity index (χ0) is 29.1. The van der Waals surface area contributed by atoms with Crippen LogP contribution in [0.2, 0.25) is 0 Å². The van der Waals surface area contributed by atoms with Gasteiger partial charge in [0.25, 0.3) is 0 Å². The summed E-state index contributed by atoms with van der Waals surface area (Å²) in [6.45, 7) is 11.2. The highest BCUT2D eigenvalue weighted by molar-refractivity contribution is 6.09. The minimum atomic E-state index is 0.588. The van der Waals surface area contributed by atoms with Gasteiger partial charge in [-0.25, -0.2) is 0 Å². The Morgan fingerprint density at radius 3 is 2.62 bits per heavy atom. The topological polar surface area (TPSA) is 44.0 Å². The molecule has 0 radical (unpaired) electrons. The predicted octanol–water partition coefficient (Wildman–Crippen LogP) is 9.31. The number of aromatic nitrogens is 2. The number of pyridine rings is 1. The van der Waals surface area contributed by atoms with Gasteiger partial charge in [-0.2, -0.15) is 0 Å². The minimum Gasteiger partial charge on any atom is -0.353 e. The number of hydrogen-bond acceptors (Lipinski definition) is 3. The average Bonchev–Trinajstić information content (AvgIpc) is 3.40. The van der Waals surface area contributed by atoms with Crippen LogP contribution >= 0.6 is 0 Å². The number of piperidine rings is 1. The van der Waals surface area contributed by atoms with Crippen molar-refractivity contribution in [3.8, 4) is 0 Å². The lowest BCUT2D eigenvalue weighted by atomic mass is 9.69. The zero-order valence-electron chi connectivity index (χ0n) is 26.5. The molecule has 5 unspecified atom stereocenters. The van der Waals surface area contributed by atoms with Crippen LogP contribution in [0.1, 0.15) is 90.7 Å². The van der Waals surface area contributed by atoms with E-state index in [2.05, 4.69) is 82.8 Å². The fourth-order valence-electron chi connectivity index (χ4n) is 7.47. The van der Waals surface area contributed by atoms with Crippen molar-refractivity contribution >= 4 is 27.4 Å². The number of nitrogens with zero attached hydrogens (tertiary/aromatic N) is 2. The van der Waals surface area contributed by atoms with Crippen molar-refractivity contribution < 1.29 is 0 Å². The van der Waals surface area contributed by atoms with Crippen LogP contribution in [0.3, 0.4) is 0 Å². The molecule has 3 aromatic rings. The third-order valence-corrected chi connectivity index (χ3v) is 9.59. The molecule has 1 aromatic carbocycles. The van der Waals surface area contributed by atoms with Crippen molar-refractivity contribution in [2.75, 3.05) is 26.2 Å². The zero-order valence-corrected chi connectivity index (χ0v) is 26.5. The minimum absolute atomic E-state index is 0.588. The largest absolute Gasteiger partial charge is 0.353 e. The number of aromatic amines is 1. The summed E-state index contributed by atoms with van der Waals surface area (Å²) in [6, 6.07) is 11.4. The summed E-state index contributed by atoms with van der Waals surface area (Å²) >= 11 is 0. The molecule has 1 fully saturated rings. The van der Waals surface area contributed by atoms with Crippen LogP contribution in [0.25, 0.3) is 27.4 Å². The van der Waals surface area contributed by atoms with Crippen molar-refractivity contribution in [3.05, 3.63) is 72.6 Å². The summed E-state index contributed by atoms with van der Waals surface area (Å²) in [6.07, 6.45) is 27.0. The number of rotatable bonds is 1. The molecule has 4 nitrogen and oxygen atoms in total. The van der Waals surface area contributed by atoms with E-state index in [-0.39, 0.29) is 0 Å². The normalized spacial score (nSPS) is 29.6. The van der Waals surface area contributed by atoms with Crippen LogP contribution in [-0.2, 0) is 0 Å². The molecule has 3 bridgehead atoms. The van der Waals surface area contributed by atoms with E-state index in [4.69, 9.17) is 4.98 Å². The maximum absolute atomic E-state index is 4.99. The molecule has 42 heavy (non-hydrogen) atoms. The van der Waals surface area contributed by atoms with E-state index in [1.165, 1.54) is 123 Å². The maximum atomic E-state index is 4.99. The molecule has 4 heteroatoms. The highest BCUT2D eigenvalue weighted by Crippen LogP contribution is 2.46. The molecular formula is C38H54N4. The molecule has 2 N–H and O–H groups in total. The fourth-order valence-corrected chi connectivity index (χ4v) is 7.47. The highest BCUT2D eigenvalue weighted by atomic mass is 15.1. The summed E-state index contributed by atoms with van der Waals surface area (Å²) in [4.78, 5) is 11.5. The molecular weight excluding hydrogens is 512 g/mol. The van der Waals surface area contributed by atoms with Crippen molar-refractivity contribution in [1.29, 1.82) is 0 Å². The molecule has 0 amide bonds. The summed E-state index contributed by atoms with van der Waals surface area (Å²) < 4.78 is 0. The number of benzene rings is 1. The number of allylic oxidation sites excluding steroid dienone is 5. The molecule has 1 saturated heterocycles. The summed E-state index contributed by atoms with van der Waals surface area (Å²) in [5.74, 6) is 2.09. The first kappa shape index (κ1) is 30.8. The molecule has 0 spiro atoms. The van der Waals surface area contributed by atoms with Crippen LogP contribution in [0, 0.1) is 17.8 Å². The predicted molar refractivity (Wildman–Crippen MR) is 182 cm³/mol. The third kappa shape index (κ3) is 7.63. The molecule has 2 aromatic heterocycles. The fraction of sp³-hybridized carbons (Fsp3) is 0.553. The van der Waals surface area contributed by atoms with Gasteiger partial charge in [-0.1, -0.05) is 62.4 Å². The number of hydrogen-bond donors (Lipinski definition) is 2. The Morgan fingerprint density at radius 2 is 1.69 bits per heavy atom. The first-order valence-corrected chi connectivity index (χ1v) is 17.1. The van der Waals surface area contributed by atoms with Gasteiger partial charge in [-0.3, -0.25) is 4.98 Å². The molecule has 5 heterocycles. The number of para-hydroxylation sites is 1. The lowest BCUT2D eigenvalue weighted by Crippen LogP contribution is -2.43.